The van der Waals surface area contributed by atoms with Crippen LogP contribution >= 0.6 is 0 Å². The number of rotatable bonds is 17. The van der Waals surface area contributed by atoms with Gasteiger partial charge in [-0.1, -0.05) is 29.8 Å². The lowest BCUT2D eigenvalue weighted by Crippen LogP contribution is -2.12. The predicted molar refractivity (Wildman–Crippen MR) is 158 cm³/mol. The van der Waals surface area contributed by atoms with E-state index in [2.05, 4.69) is 20.3 Å². The minimum atomic E-state index is 0.0765. The number of methoxy groups -OCH3 is 3. The summed E-state index contributed by atoms with van der Waals surface area (Å²) in [5.74, 6) is 1.70. The molecule has 4 heterocycles. The van der Waals surface area contributed by atoms with Crippen molar-refractivity contribution in [3.8, 4) is 17.4 Å². The molecule has 0 aliphatic rings. The highest BCUT2D eigenvalue weighted by molar-refractivity contribution is 5.97. The number of ketones is 1. The second kappa shape index (κ2) is 14.8. The maximum absolute atomic E-state index is 13.0. The molecule has 0 spiro atoms. The number of benzene rings is 1. The van der Waals surface area contributed by atoms with Crippen molar-refractivity contribution in [3.05, 3.63) is 65.7 Å². The zero-order valence-electron chi connectivity index (χ0n) is 24.7. The van der Waals surface area contributed by atoms with Gasteiger partial charge in [-0.2, -0.15) is 4.52 Å². The molecule has 226 valence electrons. The third kappa shape index (κ3) is 7.39. The number of Topliss-reactive ketones (excluding diaryl/α,β-unsaturated/α-hetero) is 1. The topological polar surface area (TPSA) is 136 Å². The van der Waals surface area contributed by atoms with Crippen molar-refractivity contribution in [2.45, 2.75) is 45.3 Å². The summed E-state index contributed by atoms with van der Waals surface area (Å²) >= 11 is 0. The summed E-state index contributed by atoms with van der Waals surface area (Å²) in [6.07, 6.45) is 5.89. The molecule has 0 bridgehead atoms. The average Bonchev–Trinajstić information content (AvgIpc) is 3.68. The Labute approximate surface area is 249 Å². The van der Waals surface area contributed by atoms with Crippen LogP contribution in [0.5, 0.6) is 5.88 Å². The van der Waals surface area contributed by atoms with Gasteiger partial charge >= 0.3 is 0 Å². The number of aromatic nitrogens is 6. The van der Waals surface area contributed by atoms with Gasteiger partial charge in [0, 0.05) is 69.6 Å². The summed E-state index contributed by atoms with van der Waals surface area (Å²) in [7, 11) is 4.97. The summed E-state index contributed by atoms with van der Waals surface area (Å²) in [4.78, 5) is 17.6. The van der Waals surface area contributed by atoms with Crippen LogP contribution in [0.15, 0.2) is 53.2 Å². The highest BCUT2D eigenvalue weighted by atomic mass is 16.5. The largest absolute Gasteiger partial charge is 0.470 e. The number of carbonyl (C=O) groups excluding carboxylic acids is 1. The molecule has 0 saturated heterocycles. The fourth-order valence-electron chi connectivity index (χ4n) is 4.96. The van der Waals surface area contributed by atoms with E-state index in [9.17, 15) is 4.79 Å². The first-order chi connectivity index (χ1) is 21.1. The number of pyridine rings is 1. The maximum Gasteiger partial charge on any atom is 0.240 e. The van der Waals surface area contributed by atoms with E-state index in [0.29, 0.717) is 53.1 Å². The summed E-state index contributed by atoms with van der Waals surface area (Å²) in [6, 6.07) is 13.1. The van der Waals surface area contributed by atoms with Crippen LogP contribution in [0.1, 0.15) is 53.9 Å². The lowest BCUT2D eigenvalue weighted by molar-refractivity contribution is 0.0940. The number of fused-ring (bicyclic) bond motifs is 3. The van der Waals surface area contributed by atoms with Crippen LogP contribution in [0.3, 0.4) is 0 Å². The van der Waals surface area contributed by atoms with Gasteiger partial charge in [-0.25, -0.2) is 0 Å². The highest BCUT2D eigenvalue weighted by Gasteiger charge is 2.20. The van der Waals surface area contributed by atoms with Crippen molar-refractivity contribution in [1.82, 2.24) is 30.0 Å². The van der Waals surface area contributed by atoms with Crippen molar-refractivity contribution >= 4 is 22.2 Å². The Balaban J connectivity index is 1.30. The molecule has 43 heavy (non-hydrogen) atoms. The summed E-state index contributed by atoms with van der Waals surface area (Å²) < 4.78 is 28.6. The number of hydrogen-bond donors (Lipinski definition) is 0. The molecule has 0 radical (unpaired) electrons. The smallest absolute Gasteiger partial charge is 0.240 e. The molecule has 4 aromatic heterocycles. The fourth-order valence-corrected chi connectivity index (χ4v) is 4.96. The SMILES string of the molecule is COCCCCC(CCOC)CC(=O)c1ccc(COc2nn3c(-c4cc(COC)on4)nnc3c3ccccc23)nc1. The molecule has 1 unspecified atom stereocenters. The van der Waals surface area contributed by atoms with Crippen LogP contribution in [0.4, 0.5) is 0 Å². The minimum absolute atomic E-state index is 0.0765. The van der Waals surface area contributed by atoms with E-state index in [1.807, 2.05) is 30.3 Å². The summed E-state index contributed by atoms with van der Waals surface area (Å²) in [5.41, 5.74) is 2.30. The molecule has 0 saturated carbocycles. The first-order valence-corrected chi connectivity index (χ1v) is 14.3. The highest BCUT2D eigenvalue weighted by Crippen LogP contribution is 2.29. The second-order valence-electron chi connectivity index (χ2n) is 10.3. The summed E-state index contributed by atoms with van der Waals surface area (Å²) in [6.45, 7) is 1.81. The Kier molecular flexibility index (Phi) is 10.4. The Bertz CT molecular complexity index is 1630. The summed E-state index contributed by atoms with van der Waals surface area (Å²) in [5, 5.41) is 19.1. The third-order valence-corrected chi connectivity index (χ3v) is 7.22. The second-order valence-corrected chi connectivity index (χ2v) is 10.3. The number of unbranched alkanes of at least 4 members (excludes halogenated alkanes) is 1. The van der Waals surface area contributed by atoms with Crippen LogP contribution in [-0.4, -0.2) is 70.3 Å². The molecular formula is C31H36N6O6. The van der Waals surface area contributed by atoms with Crippen LogP contribution in [-0.2, 0) is 27.4 Å². The van der Waals surface area contributed by atoms with Crippen molar-refractivity contribution in [2.75, 3.05) is 34.5 Å². The molecule has 12 heteroatoms. The number of hydrogen-bond acceptors (Lipinski definition) is 11. The number of nitrogens with zero attached hydrogens (tertiary/aromatic N) is 6. The Morgan fingerprint density at radius 1 is 0.930 bits per heavy atom. The van der Waals surface area contributed by atoms with E-state index >= 15 is 0 Å². The van der Waals surface area contributed by atoms with Crippen molar-refractivity contribution in [1.29, 1.82) is 0 Å². The van der Waals surface area contributed by atoms with Gasteiger partial charge in [-0.3, -0.25) is 9.78 Å². The molecule has 0 fully saturated rings. The van der Waals surface area contributed by atoms with Gasteiger partial charge in [0.15, 0.2) is 22.9 Å². The first kappa shape index (κ1) is 30.2. The van der Waals surface area contributed by atoms with E-state index in [1.54, 1.807) is 44.2 Å². The molecule has 5 aromatic rings. The third-order valence-electron chi connectivity index (χ3n) is 7.22. The van der Waals surface area contributed by atoms with Crippen molar-refractivity contribution in [3.63, 3.8) is 0 Å². The molecule has 0 amide bonds. The quantitative estimate of drug-likeness (QED) is 0.106. The Morgan fingerprint density at radius 3 is 2.53 bits per heavy atom. The average molecular weight is 589 g/mol. The van der Waals surface area contributed by atoms with Gasteiger partial charge in [-0.15, -0.1) is 15.3 Å². The molecule has 1 aromatic carbocycles. The van der Waals surface area contributed by atoms with Gasteiger partial charge < -0.3 is 23.5 Å². The van der Waals surface area contributed by atoms with Crippen LogP contribution in [0.2, 0.25) is 0 Å². The van der Waals surface area contributed by atoms with Crippen molar-refractivity contribution < 1.29 is 28.3 Å². The molecule has 12 nitrogen and oxygen atoms in total. The minimum Gasteiger partial charge on any atom is -0.470 e. The molecule has 5 rings (SSSR count). The standard InChI is InChI=1S/C31H36N6O6/c1-39-14-7-6-8-21(13-15-40-2)16-28(38)22-11-12-23(32-18-22)19-42-31-26-10-5-4-9-25(26)29-33-34-30(37(29)35-31)27-17-24(20-41-3)43-36-27/h4-5,9-12,17-18,21H,6-8,13-16,19-20H2,1-3H3. The van der Waals surface area contributed by atoms with Crippen molar-refractivity contribution in [2.24, 2.45) is 5.92 Å². The van der Waals surface area contributed by atoms with E-state index in [1.165, 1.54) is 0 Å². The number of carbonyl (C=O) groups is 1. The van der Waals surface area contributed by atoms with Gasteiger partial charge in [0.1, 0.15) is 13.2 Å². The molecule has 0 aliphatic heterocycles. The Morgan fingerprint density at radius 2 is 1.77 bits per heavy atom. The lowest BCUT2D eigenvalue weighted by atomic mass is 9.91. The van der Waals surface area contributed by atoms with E-state index in [-0.39, 0.29) is 24.9 Å². The van der Waals surface area contributed by atoms with Crippen LogP contribution in [0, 0.1) is 5.92 Å². The molecule has 1 atom stereocenters. The van der Waals surface area contributed by atoms with Crippen LogP contribution in [0.25, 0.3) is 27.9 Å². The molecule has 0 N–H and O–H groups in total. The van der Waals surface area contributed by atoms with Gasteiger partial charge in [-0.05, 0) is 43.4 Å². The molecular weight excluding hydrogens is 552 g/mol. The molecule has 0 aliphatic carbocycles. The predicted octanol–water partition coefficient (Wildman–Crippen LogP) is 5.10. The monoisotopic (exact) mass is 588 g/mol. The van der Waals surface area contributed by atoms with Crippen LogP contribution < -0.4 is 4.74 Å². The maximum atomic E-state index is 13.0. The normalized spacial score (nSPS) is 12.3. The van der Waals surface area contributed by atoms with E-state index in [0.717, 1.165) is 43.1 Å². The number of ether oxygens (including phenoxy) is 4. The lowest BCUT2D eigenvalue weighted by Gasteiger charge is -2.16. The first-order valence-electron chi connectivity index (χ1n) is 14.3. The van der Waals surface area contributed by atoms with Gasteiger partial charge in [0.2, 0.25) is 11.7 Å². The fraction of sp³-hybridized carbons (Fsp3) is 0.419. The van der Waals surface area contributed by atoms with Gasteiger partial charge in [0.25, 0.3) is 0 Å². The zero-order valence-corrected chi connectivity index (χ0v) is 24.7. The van der Waals surface area contributed by atoms with E-state index in [4.69, 9.17) is 28.6 Å². The Hall–Kier alpha value is -4.26. The van der Waals surface area contributed by atoms with Gasteiger partial charge in [0.05, 0.1) is 5.69 Å². The zero-order chi connectivity index (χ0) is 30.0. The van der Waals surface area contributed by atoms with E-state index < -0.39 is 0 Å².